The lowest BCUT2D eigenvalue weighted by Crippen LogP contribution is -2.26. The zero-order valence-electron chi connectivity index (χ0n) is 14.2. The van der Waals surface area contributed by atoms with E-state index in [1.54, 1.807) is 23.3 Å². The average Bonchev–Trinajstić information content (AvgIpc) is 3.06. The summed E-state index contributed by atoms with van der Waals surface area (Å²) in [6.45, 7) is 0.491. The number of aromatic nitrogens is 4. The number of pyridine rings is 1. The molecule has 2 aromatic heterocycles. The van der Waals surface area contributed by atoms with Gasteiger partial charge in [0, 0.05) is 6.20 Å². The Bertz CT molecular complexity index is 890. The van der Waals surface area contributed by atoms with Gasteiger partial charge in [-0.25, -0.2) is 9.67 Å². The van der Waals surface area contributed by atoms with Crippen LogP contribution in [-0.4, -0.2) is 31.8 Å². The van der Waals surface area contributed by atoms with Crippen LogP contribution in [0.1, 0.15) is 35.3 Å². The maximum Gasteiger partial charge on any atom is 0.261 e. The van der Waals surface area contributed by atoms with Gasteiger partial charge >= 0.3 is 0 Å². The molecule has 132 valence electrons. The smallest absolute Gasteiger partial charge is 0.261 e. The van der Waals surface area contributed by atoms with Crippen molar-refractivity contribution in [3.63, 3.8) is 0 Å². The van der Waals surface area contributed by atoms with E-state index in [2.05, 4.69) is 20.4 Å². The minimum absolute atomic E-state index is 0.208. The fourth-order valence-corrected chi connectivity index (χ4v) is 2.68. The number of hydrogen-bond acceptors (Lipinski definition) is 5. The van der Waals surface area contributed by atoms with Crippen molar-refractivity contribution in [2.45, 2.75) is 31.9 Å². The number of benzene rings is 1. The summed E-state index contributed by atoms with van der Waals surface area (Å²) < 4.78 is 7.54. The second-order valence-corrected chi connectivity index (χ2v) is 6.21. The van der Waals surface area contributed by atoms with Gasteiger partial charge in [0.1, 0.15) is 12.1 Å². The van der Waals surface area contributed by atoms with Crippen LogP contribution in [0.3, 0.4) is 0 Å². The minimum atomic E-state index is -0.282. The number of amides is 1. The highest BCUT2D eigenvalue weighted by molar-refractivity contribution is 6.05. The third-order valence-electron chi connectivity index (χ3n) is 4.29. The summed E-state index contributed by atoms with van der Waals surface area (Å²) in [7, 11) is 0. The Morgan fingerprint density at radius 2 is 2.00 bits per heavy atom. The number of carbonyl (C=O) groups is 1. The maximum absolute atomic E-state index is 12.6. The average molecular weight is 349 g/mol. The molecule has 1 aliphatic carbocycles. The molecule has 0 bridgehead atoms. The lowest BCUT2D eigenvalue weighted by molar-refractivity contribution is 0.0991. The van der Waals surface area contributed by atoms with Crippen LogP contribution in [0.4, 0.5) is 5.95 Å². The molecule has 1 N–H and O–H groups in total. The molecule has 1 amide bonds. The summed E-state index contributed by atoms with van der Waals surface area (Å²) in [4.78, 5) is 21.0. The molecule has 1 fully saturated rings. The molecule has 0 radical (unpaired) electrons. The fourth-order valence-electron chi connectivity index (χ4n) is 2.68. The Hall–Kier alpha value is -3.22. The van der Waals surface area contributed by atoms with E-state index in [-0.39, 0.29) is 18.0 Å². The van der Waals surface area contributed by atoms with Gasteiger partial charge in [-0.3, -0.25) is 15.1 Å². The molecule has 0 aliphatic heterocycles. The van der Waals surface area contributed by atoms with E-state index >= 15 is 0 Å². The molecule has 7 heteroatoms. The van der Waals surface area contributed by atoms with E-state index in [0.717, 1.165) is 18.5 Å². The molecule has 26 heavy (non-hydrogen) atoms. The Labute approximate surface area is 151 Å². The molecule has 0 atom stereocenters. The highest BCUT2D eigenvalue weighted by Gasteiger charge is 2.22. The van der Waals surface area contributed by atoms with Gasteiger partial charge in [-0.05, 0) is 43.5 Å². The van der Waals surface area contributed by atoms with E-state index < -0.39 is 0 Å². The van der Waals surface area contributed by atoms with Crippen molar-refractivity contribution in [1.29, 1.82) is 0 Å². The number of hydrogen-bond donors (Lipinski definition) is 1. The fraction of sp³-hybridized carbons (Fsp3) is 0.263. The van der Waals surface area contributed by atoms with Gasteiger partial charge in [-0.15, -0.1) is 5.10 Å². The number of carbonyl (C=O) groups excluding carboxylic acids is 1. The molecule has 0 saturated heterocycles. The molecule has 3 aromatic rings. The first kappa shape index (κ1) is 16.3. The first-order valence-corrected chi connectivity index (χ1v) is 8.64. The first-order valence-electron chi connectivity index (χ1n) is 8.64. The Kier molecular flexibility index (Phi) is 4.59. The SMILES string of the molecule is O=C(Nc1ncn(Cc2ccccn2)n1)c1ccccc1OC1CCC1. The second-order valence-electron chi connectivity index (χ2n) is 6.21. The van der Waals surface area contributed by atoms with Gasteiger partial charge in [0.2, 0.25) is 5.95 Å². The van der Waals surface area contributed by atoms with E-state index in [1.807, 2.05) is 36.4 Å². The molecule has 1 aromatic carbocycles. The van der Waals surface area contributed by atoms with Crippen LogP contribution in [0.5, 0.6) is 5.75 Å². The quantitative estimate of drug-likeness (QED) is 0.740. The first-order chi connectivity index (χ1) is 12.8. The molecular weight excluding hydrogens is 330 g/mol. The number of ether oxygens (including phenoxy) is 1. The molecule has 1 aliphatic rings. The standard InChI is InChI=1S/C19H19N5O2/c25-18(16-9-1-2-10-17(16)26-15-7-5-8-15)22-19-21-13-24(23-19)12-14-6-3-4-11-20-14/h1-4,6,9-11,13,15H,5,7-8,12H2,(H,22,23,25). The lowest BCUT2D eigenvalue weighted by Gasteiger charge is -2.27. The normalized spacial score (nSPS) is 13.8. The van der Waals surface area contributed by atoms with Crippen LogP contribution in [0.2, 0.25) is 0 Å². The summed E-state index contributed by atoms with van der Waals surface area (Å²) in [5.74, 6) is 0.572. The Morgan fingerprint density at radius 1 is 1.15 bits per heavy atom. The Balaban J connectivity index is 1.44. The molecular formula is C19H19N5O2. The summed E-state index contributed by atoms with van der Waals surface area (Å²) in [6.07, 6.45) is 6.76. The number of nitrogens with one attached hydrogen (secondary N) is 1. The summed E-state index contributed by atoms with van der Waals surface area (Å²) >= 11 is 0. The van der Waals surface area contributed by atoms with Crippen molar-refractivity contribution < 1.29 is 9.53 Å². The highest BCUT2D eigenvalue weighted by Crippen LogP contribution is 2.27. The number of rotatable bonds is 6. The van der Waals surface area contributed by atoms with Crippen molar-refractivity contribution in [3.05, 3.63) is 66.2 Å². The lowest BCUT2D eigenvalue weighted by atomic mass is 9.96. The van der Waals surface area contributed by atoms with Crippen LogP contribution < -0.4 is 10.1 Å². The minimum Gasteiger partial charge on any atom is -0.490 e. The molecule has 4 rings (SSSR count). The van der Waals surface area contributed by atoms with E-state index in [1.165, 1.54) is 6.42 Å². The third kappa shape index (κ3) is 3.72. The molecule has 7 nitrogen and oxygen atoms in total. The predicted octanol–water partition coefficient (Wildman–Crippen LogP) is 2.91. The van der Waals surface area contributed by atoms with Crippen molar-refractivity contribution in [2.75, 3.05) is 5.32 Å². The van der Waals surface area contributed by atoms with Crippen molar-refractivity contribution in [3.8, 4) is 5.75 Å². The number of anilines is 1. The summed E-state index contributed by atoms with van der Waals surface area (Å²) in [5.41, 5.74) is 1.36. The zero-order valence-corrected chi connectivity index (χ0v) is 14.2. The molecule has 0 spiro atoms. The van der Waals surface area contributed by atoms with Crippen molar-refractivity contribution in [1.82, 2.24) is 19.7 Å². The molecule has 2 heterocycles. The van der Waals surface area contributed by atoms with Gasteiger partial charge in [-0.1, -0.05) is 18.2 Å². The van der Waals surface area contributed by atoms with Crippen LogP contribution in [0.25, 0.3) is 0 Å². The van der Waals surface area contributed by atoms with Gasteiger partial charge in [0.05, 0.1) is 23.9 Å². The second kappa shape index (κ2) is 7.35. The predicted molar refractivity (Wildman–Crippen MR) is 96.0 cm³/mol. The van der Waals surface area contributed by atoms with E-state index in [9.17, 15) is 4.79 Å². The van der Waals surface area contributed by atoms with Gasteiger partial charge in [-0.2, -0.15) is 0 Å². The Morgan fingerprint density at radius 3 is 2.77 bits per heavy atom. The van der Waals surface area contributed by atoms with E-state index in [0.29, 0.717) is 17.9 Å². The van der Waals surface area contributed by atoms with Crippen LogP contribution in [-0.2, 0) is 6.54 Å². The van der Waals surface area contributed by atoms with Crippen LogP contribution in [0, 0.1) is 0 Å². The van der Waals surface area contributed by atoms with Crippen LogP contribution >= 0.6 is 0 Å². The number of nitrogens with zero attached hydrogens (tertiary/aromatic N) is 4. The number of para-hydroxylation sites is 1. The third-order valence-corrected chi connectivity index (χ3v) is 4.29. The van der Waals surface area contributed by atoms with Gasteiger partial charge in [0.25, 0.3) is 5.91 Å². The zero-order chi connectivity index (χ0) is 17.8. The molecule has 0 unspecified atom stereocenters. The molecule has 1 saturated carbocycles. The maximum atomic E-state index is 12.6. The van der Waals surface area contributed by atoms with Crippen molar-refractivity contribution >= 4 is 11.9 Å². The van der Waals surface area contributed by atoms with Gasteiger partial charge in [0.15, 0.2) is 0 Å². The topological polar surface area (TPSA) is 81.9 Å². The van der Waals surface area contributed by atoms with E-state index in [4.69, 9.17) is 4.74 Å². The van der Waals surface area contributed by atoms with Crippen molar-refractivity contribution in [2.24, 2.45) is 0 Å². The monoisotopic (exact) mass is 349 g/mol. The van der Waals surface area contributed by atoms with Crippen LogP contribution in [0.15, 0.2) is 55.0 Å². The largest absolute Gasteiger partial charge is 0.490 e. The summed E-state index contributed by atoms with van der Waals surface area (Å²) in [6, 6.07) is 12.9. The van der Waals surface area contributed by atoms with Gasteiger partial charge < -0.3 is 4.74 Å². The summed E-state index contributed by atoms with van der Waals surface area (Å²) in [5, 5.41) is 7.01. The highest BCUT2D eigenvalue weighted by atomic mass is 16.5.